The molecule has 1 aromatic carbocycles. The number of hydrogen-bond acceptors (Lipinski definition) is 3. The normalized spacial score (nSPS) is 16.3. The molecule has 0 spiro atoms. The molecular formula is C12H16BF2N3+. The highest BCUT2D eigenvalue weighted by Gasteiger charge is 2.34. The van der Waals surface area contributed by atoms with E-state index in [0.29, 0.717) is 5.69 Å². The SMILES string of the molecule is Cc1cc(N2CCCCC2)ccc1N=[N+]B(F)F. The molecule has 2 rings (SSSR count). The van der Waals surface area contributed by atoms with Gasteiger partial charge in [-0.3, -0.25) is 0 Å². The summed E-state index contributed by atoms with van der Waals surface area (Å²) < 4.78 is 23.9. The summed E-state index contributed by atoms with van der Waals surface area (Å²) in [6.07, 6.45) is 3.72. The third-order valence-corrected chi connectivity index (χ3v) is 3.15. The van der Waals surface area contributed by atoms with E-state index >= 15 is 0 Å². The second-order valence-corrected chi connectivity index (χ2v) is 4.51. The van der Waals surface area contributed by atoms with Crippen LogP contribution < -0.4 is 9.93 Å². The fourth-order valence-electron chi connectivity index (χ4n) is 2.21. The topological polar surface area (TPSA) is 29.7 Å². The first kappa shape index (κ1) is 13.0. The van der Waals surface area contributed by atoms with Gasteiger partial charge in [-0.15, -0.1) is 0 Å². The fourth-order valence-corrected chi connectivity index (χ4v) is 2.21. The first-order chi connectivity index (χ1) is 8.66. The van der Waals surface area contributed by atoms with Gasteiger partial charge in [0.2, 0.25) is 0 Å². The minimum absolute atomic E-state index is 0.510. The quantitative estimate of drug-likeness (QED) is 0.598. The van der Waals surface area contributed by atoms with E-state index in [4.69, 9.17) is 0 Å². The van der Waals surface area contributed by atoms with Crippen LogP contribution in [0.5, 0.6) is 0 Å². The van der Waals surface area contributed by atoms with Crippen LogP contribution in [0.15, 0.2) is 23.3 Å². The van der Waals surface area contributed by atoms with E-state index in [0.717, 1.165) is 24.3 Å². The second kappa shape index (κ2) is 5.93. The molecular weight excluding hydrogens is 235 g/mol. The molecule has 18 heavy (non-hydrogen) atoms. The highest BCUT2D eigenvalue weighted by Crippen LogP contribution is 2.26. The van der Waals surface area contributed by atoms with E-state index in [1.807, 2.05) is 19.1 Å². The van der Waals surface area contributed by atoms with E-state index in [9.17, 15) is 8.63 Å². The summed E-state index contributed by atoms with van der Waals surface area (Å²) in [6.45, 7) is 4.00. The molecule has 0 unspecified atom stereocenters. The van der Waals surface area contributed by atoms with Crippen LogP contribution in [0.25, 0.3) is 0 Å². The summed E-state index contributed by atoms with van der Waals surface area (Å²) in [4.78, 5) is 2.32. The lowest BCUT2D eigenvalue weighted by molar-refractivity contribution is 0.578. The van der Waals surface area contributed by atoms with Gasteiger partial charge >= 0.3 is 7.40 Å². The predicted molar refractivity (Wildman–Crippen MR) is 69.4 cm³/mol. The van der Waals surface area contributed by atoms with Gasteiger partial charge in [0, 0.05) is 23.9 Å². The van der Waals surface area contributed by atoms with Crippen LogP contribution in [-0.2, 0) is 0 Å². The fraction of sp³-hybridized carbons (Fsp3) is 0.500. The molecule has 1 radical (unpaired) electrons. The summed E-state index contributed by atoms with van der Waals surface area (Å²) in [5.74, 6) is 0. The van der Waals surface area contributed by atoms with Crippen molar-refractivity contribution in [3.8, 4) is 0 Å². The van der Waals surface area contributed by atoms with Gasteiger partial charge in [0.15, 0.2) is 0 Å². The highest BCUT2D eigenvalue weighted by atomic mass is 19.2. The van der Waals surface area contributed by atoms with Crippen molar-refractivity contribution in [3.05, 3.63) is 23.8 Å². The molecule has 1 aromatic rings. The molecule has 1 heterocycles. The van der Waals surface area contributed by atoms with Crippen LogP contribution in [0.1, 0.15) is 24.8 Å². The standard InChI is InChI=1S/C12H16BF2N3/c1-10-9-11(18-7-3-2-4-8-18)5-6-12(10)16-17-13(14)15/h5-6,9H,2-4,7-8H2,1H3/q+1. The Kier molecular flexibility index (Phi) is 4.28. The molecule has 0 N–H and O–H groups in total. The molecule has 1 aliphatic heterocycles. The lowest BCUT2D eigenvalue weighted by Crippen LogP contribution is -2.29. The third-order valence-electron chi connectivity index (χ3n) is 3.15. The van der Waals surface area contributed by atoms with E-state index in [1.165, 1.54) is 19.3 Å². The number of benzene rings is 1. The van der Waals surface area contributed by atoms with Crippen LogP contribution in [-0.4, -0.2) is 20.5 Å². The summed E-state index contributed by atoms with van der Waals surface area (Å²) >= 11 is 0. The Labute approximate surface area is 106 Å². The Morgan fingerprint density at radius 2 is 1.94 bits per heavy atom. The lowest BCUT2D eigenvalue weighted by Gasteiger charge is -2.29. The van der Waals surface area contributed by atoms with Crippen molar-refractivity contribution in [1.82, 2.24) is 5.03 Å². The Hall–Kier alpha value is -1.46. The Morgan fingerprint density at radius 3 is 2.56 bits per heavy atom. The monoisotopic (exact) mass is 251 g/mol. The Morgan fingerprint density at radius 1 is 1.22 bits per heavy atom. The van der Waals surface area contributed by atoms with Crippen LogP contribution in [0.3, 0.4) is 0 Å². The van der Waals surface area contributed by atoms with Crippen LogP contribution >= 0.6 is 0 Å². The van der Waals surface area contributed by atoms with Gasteiger partial charge in [-0.25, -0.2) is 8.63 Å². The maximum absolute atomic E-state index is 12.0. The van der Waals surface area contributed by atoms with Gasteiger partial charge in [-0.1, -0.05) is 0 Å². The Bertz CT molecular complexity index is 431. The van der Waals surface area contributed by atoms with Crippen LogP contribution in [0.4, 0.5) is 20.0 Å². The summed E-state index contributed by atoms with van der Waals surface area (Å²) in [7, 11) is -2.74. The molecule has 0 aromatic heterocycles. The maximum Gasteiger partial charge on any atom is 1.02 e. The zero-order chi connectivity index (χ0) is 13.0. The van der Waals surface area contributed by atoms with Gasteiger partial charge in [0.25, 0.3) is 0 Å². The van der Waals surface area contributed by atoms with Gasteiger partial charge in [-0.05, 0) is 49.9 Å². The molecule has 0 atom stereocenters. The molecule has 0 saturated carbocycles. The van der Waals surface area contributed by atoms with Gasteiger partial charge < -0.3 is 4.90 Å². The molecule has 1 fully saturated rings. The van der Waals surface area contributed by atoms with E-state index in [1.54, 1.807) is 6.07 Å². The van der Waals surface area contributed by atoms with Gasteiger partial charge in [0.1, 0.15) is 10.7 Å². The first-order valence-corrected chi connectivity index (χ1v) is 6.21. The first-order valence-electron chi connectivity index (χ1n) is 6.21. The lowest BCUT2D eigenvalue weighted by atomic mass is 10.1. The van der Waals surface area contributed by atoms with Crippen molar-refractivity contribution in [1.29, 1.82) is 0 Å². The number of nitrogens with zero attached hydrogens (tertiary/aromatic N) is 3. The van der Waals surface area contributed by atoms with Crippen LogP contribution in [0.2, 0.25) is 0 Å². The highest BCUT2D eigenvalue weighted by molar-refractivity contribution is 6.38. The number of rotatable bonds is 3. The molecule has 0 amide bonds. The smallest absolute Gasteiger partial charge is 0.372 e. The zero-order valence-corrected chi connectivity index (χ0v) is 10.4. The second-order valence-electron chi connectivity index (χ2n) is 4.51. The molecule has 95 valence electrons. The van der Waals surface area contributed by atoms with E-state index in [-0.39, 0.29) is 0 Å². The van der Waals surface area contributed by atoms with Crippen molar-refractivity contribution < 1.29 is 8.63 Å². The van der Waals surface area contributed by atoms with Crippen molar-refractivity contribution in [2.75, 3.05) is 18.0 Å². The zero-order valence-electron chi connectivity index (χ0n) is 10.4. The number of halogens is 2. The summed E-state index contributed by atoms with van der Waals surface area (Å²) in [6, 6.07) is 5.68. The Balaban J connectivity index is 2.13. The largest absolute Gasteiger partial charge is 1.02 e. The van der Waals surface area contributed by atoms with E-state index in [2.05, 4.69) is 15.0 Å². The maximum atomic E-state index is 12.0. The molecule has 3 nitrogen and oxygen atoms in total. The predicted octanol–water partition coefficient (Wildman–Crippen LogP) is 3.33. The van der Waals surface area contributed by atoms with Gasteiger partial charge in [0.05, 0.1) is 0 Å². The van der Waals surface area contributed by atoms with Crippen molar-refractivity contribution in [3.63, 3.8) is 0 Å². The number of aryl methyl sites for hydroxylation is 1. The summed E-state index contributed by atoms with van der Waals surface area (Å²) in [5.41, 5.74) is 2.53. The third kappa shape index (κ3) is 3.27. The number of hydrogen-bond donors (Lipinski definition) is 0. The molecule has 1 saturated heterocycles. The molecule has 0 aliphatic carbocycles. The van der Waals surface area contributed by atoms with Crippen molar-refractivity contribution >= 4 is 18.8 Å². The van der Waals surface area contributed by atoms with E-state index < -0.39 is 7.40 Å². The minimum atomic E-state index is -2.74. The molecule has 1 aliphatic rings. The molecule has 0 bridgehead atoms. The summed E-state index contributed by atoms with van der Waals surface area (Å²) in [5, 5.41) is 6.42. The minimum Gasteiger partial charge on any atom is -0.372 e. The van der Waals surface area contributed by atoms with Crippen LogP contribution in [0, 0.1) is 6.92 Å². The number of anilines is 1. The van der Waals surface area contributed by atoms with Gasteiger partial charge in [-0.2, -0.15) is 0 Å². The van der Waals surface area contributed by atoms with Crippen molar-refractivity contribution in [2.24, 2.45) is 5.11 Å². The van der Waals surface area contributed by atoms with Crippen molar-refractivity contribution in [2.45, 2.75) is 26.2 Å². The number of piperidine rings is 1. The molecule has 6 heteroatoms. The average Bonchev–Trinajstić information content (AvgIpc) is 2.38. The average molecular weight is 251 g/mol.